The summed E-state index contributed by atoms with van der Waals surface area (Å²) in [6.45, 7) is 0. The second kappa shape index (κ2) is 8.24. The van der Waals surface area contributed by atoms with Gasteiger partial charge in [0.25, 0.3) is 0 Å². The Hall–Kier alpha value is -2.87. The Kier molecular flexibility index (Phi) is 5.53. The zero-order chi connectivity index (χ0) is 20.4. The van der Waals surface area contributed by atoms with Gasteiger partial charge in [-0.25, -0.2) is 9.59 Å². The molecule has 0 radical (unpaired) electrons. The quantitative estimate of drug-likeness (QED) is 0.388. The highest BCUT2D eigenvalue weighted by molar-refractivity contribution is 14.1. The van der Waals surface area contributed by atoms with Crippen molar-refractivity contribution in [1.29, 1.82) is 0 Å². The lowest BCUT2D eigenvalue weighted by Gasteiger charge is -2.23. The van der Waals surface area contributed by atoms with Crippen LogP contribution in [0.5, 0.6) is 0 Å². The molecule has 0 aromatic heterocycles. The van der Waals surface area contributed by atoms with Gasteiger partial charge in [0, 0.05) is 9.26 Å². The first-order valence-corrected chi connectivity index (χ1v) is 10.2. The van der Waals surface area contributed by atoms with Gasteiger partial charge in [0.05, 0.1) is 11.5 Å². The number of nitrogens with one attached hydrogen (secondary N) is 1. The first-order chi connectivity index (χ1) is 14.0. The summed E-state index contributed by atoms with van der Waals surface area (Å²) in [5, 5.41) is 12.7. The average Bonchev–Trinajstić information content (AvgIpc) is 3.06. The molecule has 5 nitrogen and oxygen atoms in total. The number of rotatable bonds is 5. The summed E-state index contributed by atoms with van der Waals surface area (Å²) >= 11 is 2.07. The number of cyclic esters (lactones) is 1. The second-order valence-electron chi connectivity index (χ2n) is 6.82. The van der Waals surface area contributed by atoms with Crippen LogP contribution in [-0.2, 0) is 9.53 Å². The lowest BCUT2D eigenvalue weighted by Crippen LogP contribution is -2.31. The predicted octanol–water partition coefficient (Wildman–Crippen LogP) is 4.85. The fraction of sp³-hybridized carbons (Fsp3) is 0.130. The number of esters is 1. The highest BCUT2D eigenvalue weighted by Gasteiger charge is 2.46. The number of anilines is 1. The molecule has 0 aliphatic carbocycles. The number of ether oxygens (including phenoxy) is 1. The number of carbonyl (C=O) groups is 2. The van der Waals surface area contributed by atoms with Crippen molar-refractivity contribution >= 4 is 40.2 Å². The molecule has 3 aromatic rings. The van der Waals surface area contributed by atoms with E-state index < -0.39 is 24.1 Å². The van der Waals surface area contributed by atoms with Crippen molar-refractivity contribution in [2.45, 2.75) is 18.1 Å². The van der Waals surface area contributed by atoms with Crippen LogP contribution in [0, 0.1) is 3.57 Å². The van der Waals surface area contributed by atoms with Crippen molar-refractivity contribution in [3.05, 3.63) is 99.1 Å². The standard InChI is InChI=1S/C23H18INO4/c24-16-11-12-18(17(13-16)22(26)27)25-20-19(14-7-3-1-4-8-14)21(29-23(20)28)15-9-5-2-6-10-15/h1-13,19-21,25H,(H,26,27)/t19-,20+,21+/m1/s1. The van der Waals surface area contributed by atoms with Gasteiger partial charge < -0.3 is 15.2 Å². The molecule has 29 heavy (non-hydrogen) atoms. The topological polar surface area (TPSA) is 75.6 Å². The minimum atomic E-state index is -1.05. The van der Waals surface area contributed by atoms with Crippen molar-refractivity contribution in [3.8, 4) is 0 Å². The van der Waals surface area contributed by atoms with E-state index in [0.717, 1.165) is 14.7 Å². The summed E-state index contributed by atoms with van der Waals surface area (Å²) < 4.78 is 6.58. The van der Waals surface area contributed by atoms with E-state index in [2.05, 4.69) is 27.9 Å². The molecule has 1 saturated heterocycles. The summed E-state index contributed by atoms with van der Waals surface area (Å²) in [6.07, 6.45) is -0.458. The van der Waals surface area contributed by atoms with E-state index in [4.69, 9.17) is 4.74 Å². The average molecular weight is 499 g/mol. The van der Waals surface area contributed by atoms with Gasteiger partial charge in [0.1, 0.15) is 12.1 Å². The molecule has 0 spiro atoms. The summed E-state index contributed by atoms with van der Waals surface area (Å²) in [6, 6.07) is 23.7. The van der Waals surface area contributed by atoms with E-state index in [9.17, 15) is 14.7 Å². The van der Waals surface area contributed by atoms with E-state index in [1.165, 1.54) is 0 Å². The third kappa shape index (κ3) is 3.98. The van der Waals surface area contributed by atoms with Crippen LogP contribution in [-0.4, -0.2) is 23.1 Å². The maximum atomic E-state index is 12.9. The Morgan fingerprint density at radius 3 is 2.17 bits per heavy atom. The number of carboxylic acid groups (broad SMARTS) is 1. The normalized spacial score (nSPS) is 20.9. The Morgan fingerprint density at radius 1 is 0.931 bits per heavy atom. The molecule has 1 aliphatic rings. The summed E-state index contributed by atoms with van der Waals surface area (Å²) in [4.78, 5) is 24.6. The molecule has 1 fully saturated rings. The molecule has 1 heterocycles. The SMILES string of the molecule is O=C(O)c1cc(I)ccc1N[C@@H]1C(=O)O[C@@H](c2ccccc2)[C@@H]1c1ccccc1. The predicted molar refractivity (Wildman–Crippen MR) is 118 cm³/mol. The molecule has 146 valence electrons. The molecule has 3 atom stereocenters. The zero-order valence-corrected chi connectivity index (χ0v) is 17.4. The molecular formula is C23H18INO4. The van der Waals surface area contributed by atoms with Crippen LogP contribution in [0.4, 0.5) is 5.69 Å². The lowest BCUT2D eigenvalue weighted by atomic mass is 9.85. The number of hydrogen-bond donors (Lipinski definition) is 2. The third-order valence-corrected chi connectivity index (χ3v) is 5.69. The van der Waals surface area contributed by atoms with Crippen molar-refractivity contribution in [2.24, 2.45) is 0 Å². The smallest absolute Gasteiger partial charge is 0.337 e. The van der Waals surface area contributed by atoms with Crippen LogP contribution in [0.1, 0.15) is 33.5 Å². The zero-order valence-electron chi connectivity index (χ0n) is 15.3. The molecule has 0 saturated carbocycles. The Balaban J connectivity index is 1.76. The van der Waals surface area contributed by atoms with Crippen LogP contribution >= 0.6 is 22.6 Å². The van der Waals surface area contributed by atoms with Crippen LogP contribution in [0.25, 0.3) is 0 Å². The van der Waals surface area contributed by atoms with E-state index in [1.807, 2.05) is 66.7 Å². The Bertz CT molecular complexity index is 1040. The van der Waals surface area contributed by atoms with Gasteiger partial charge in [-0.3, -0.25) is 0 Å². The fourth-order valence-corrected chi connectivity index (χ4v) is 4.18. The number of aromatic carboxylic acids is 1. The third-order valence-electron chi connectivity index (χ3n) is 5.02. The van der Waals surface area contributed by atoms with E-state index >= 15 is 0 Å². The van der Waals surface area contributed by atoms with Gasteiger partial charge in [0.2, 0.25) is 0 Å². The van der Waals surface area contributed by atoms with Crippen LogP contribution in [0.2, 0.25) is 0 Å². The van der Waals surface area contributed by atoms with Gasteiger partial charge in [-0.2, -0.15) is 0 Å². The van der Waals surface area contributed by atoms with Crippen molar-refractivity contribution in [1.82, 2.24) is 0 Å². The number of carbonyl (C=O) groups excluding carboxylic acids is 1. The number of hydrogen-bond acceptors (Lipinski definition) is 4. The highest BCUT2D eigenvalue weighted by atomic mass is 127. The Labute approximate surface area is 181 Å². The van der Waals surface area contributed by atoms with Gasteiger partial charge in [-0.1, -0.05) is 60.7 Å². The molecule has 0 amide bonds. The fourth-order valence-electron chi connectivity index (χ4n) is 3.69. The minimum Gasteiger partial charge on any atom is -0.478 e. The molecule has 0 bridgehead atoms. The molecule has 4 rings (SSSR count). The molecule has 2 N–H and O–H groups in total. The van der Waals surface area contributed by atoms with E-state index in [0.29, 0.717) is 5.69 Å². The largest absolute Gasteiger partial charge is 0.478 e. The maximum Gasteiger partial charge on any atom is 0.337 e. The molecule has 6 heteroatoms. The Morgan fingerprint density at radius 2 is 1.55 bits per heavy atom. The second-order valence-corrected chi connectivity index (χ2v) is 8.07. The lowest BCUT2D eigenvalue weighted by molar-refractivity contribution is -0.142. The number of benzene rings is 3. The van der Waals surface area contributed by atoms with E-state index in [-0.39, 0.29) is 11.5 Å². The first kappa shape index (κ1) is 19.4. The number of carboxylic acids is 1. The van der Waals surface area contributed by atoms with Gasteiger partial charge >= 0.3 is 11.9 Å². The first-order valence-electron chi connectivity index (χ1n) is 9.14. The molecule has 1 aliphatic heterocycles. The van der Waals surface area contributed by atoms with Crippen molar-refractivity contribution in [2.75, 3.05) is 5.32 Å². The van der Waals surface area contributed by atoms with Crippen molar-refractivity contribution < 1.29 is 19.4 Å². The summed E-state index contributed by atoms with van der Waals surface area (Å²) in [7, 11) is 0. The molecular weight excluding hydrogens is 481 g/mol. The van der Waals surface area contributed by atoms with Crippen molar-refractivity contribution in [3.63, 3.8) is 0 Å². The van der Waals surface area contributed by atoms with Gasteiger partial charge in [-0.05, 0) is 51.9 Å². The summed E-state index contributed by atoms with van der Waals surface area (Å²) in [5.74, 6) is -1.75. The maximum absolute atomic E-state index is 12.9. The number of halogens is 1. The minimum absolute atomic E-state index is 0.125. The van der Waals surface area contributed by atoms with Crippen LogP contribution in [0.15, 0.2) is 78.9 Å². The summed E-state index contributed by atoms with van der Waals surface area (Å²) in [5.41, 5.74) is 2.38. The van der Waals surface area contributed by atoms with Gasteiger partial charge in [0.15, 0.2) is 0 Å². The molecule has 3 aromatic carbocycles. The monoisotopic (exact) mass is 499 g/mol. The van der Waals surface area contributed by atoms with Crippen LogP contribution < -0.4 is 5.32 Å². The van der Waals surface area contributed by atoms with Crippen LogP contribution in [0.3, 0.4) is 0 Å². The highest BCUT2D eigenvalue weighted by Crippen LogP contribution is 2.43. The van der Waals surface area contributed by atoms with E-state index in [1.54, 1.807) is 12.1 Å². The molecule has 0 unspecified atom stereocenters. The van der Waals surface area contributed by atoms with Gasteiger partial charge in [-0.15, -0.1) is 0 Å².